The second kappa shape index (κ2) is 6.72. The maximum Gasteiger partial charge on any atom is 0.316 e. The standard InChI is InChI=1S/C16H22N4O2/c1-18(2)10-13-16(21)15(12-8-6-5-7-9-12)17-14(20(13)22)11-19(3)4/h5-9,21H,10-11H2,1-4H3. The Kier molecular flexibility index (Phi) is 4.95. The van der Waals surface area contributed by atoms with Crippen LogP contribution in [0.5, 0.6) is 5.75 Å². The number of nitrogens with zero attached hydrogens (tertiary/aromatic N) is 4. The van der Waals surface area contributed by atoms with Gasteiger partial charge in [-0.05, 0) is 33.2 Å². The van der Waals surface area contributed by atoms with Gasteiger partial charge in [-0.25, -0.2) is 4.73 Å². The van der Waals surface area contributed by atoms with Gasteiger partial charge in [0, 0.05) is 5.56 Å². The number of rotatable bonds is 5. The van der Waals surface area contributed by atoms with Crippen LogP contribution in [0.2, 0.25) is 0 Å². The smallest absolute Gasteiger partial charge is 0.316 e. The van der Waals surface area contributed by atoms with Gasteiger partial charge in [-0.2, -0.15) is 0 Å². The van der Waals surface area contributed by atoms with Crippen LogP contribution in [0.25, 0.3) is 11.3 Å². The number of aromatic hydroxyl groups is 1. The summed E-state index contributed by atoms with van der Waals surface area (Å²) in [6.45, 7) is 0.752. The molecule has 0 aliphatic carbocycles. The van der Waals surface area contributed by atoms with Crippen molar-refractivity contribution in [1.82, 2.24) is 14.8 Å². The molecule has 22 heavy (non-hydrogen) atoms. The summed E-state index contributed by atoms with van der Waals surface area (Å²) >= 11 is 0. The van der Waals surface area contributed by atoms with E-state index in [0.29, 0.717) is 30.3 Å². The highest BCUT2D eigenvalue weighted by atomic mass is 16.5. The van der Waals surface area contributed by atoms with Gasteiger partial charge in [0.15, 0.2) is 5.69 Å². The molecule has 0 radical (unpaired) electrons. The van der Waals surface area contributed by atoms with Gasteiger partial charge in [-0.3, -0.25) is 4.90 Å². The zero-order chi connectivity index (χ0) is 16.3. The third-order valence-electron chi connectivity index (χ3n) is 3.19. The van der Waals surface area contributed by atoms with Gasteiger partial charge in [0.1, 0.15) is 6.54 Å². The van der Waals surface area contributed by atoms with Gasteiger partial charge in [0.2, 0.25) is 11.4 Å². The van der Waals surface area contributed by atoms with Crippen molar-refractivity contribution in [2.75, 3.05) is 28.2 Å². The van der Waals surface area contributed by atoms with E-state index in [2.05, 4.69) is 4.98 Å². The summed E-state index contributed by atoms with van der Waals surface area (Å²) < 4.78 is 0.738. The first-order chi connectivity index (χ1) is 10.4. The highest BCUT2D eigenvalue weighted by Gasteiger charge is 2.25. The van der Waals surface area contributed by atoms with E-state index in [1.807, 2.05) is 68.3 Å². The van der Waals surface area contributed by atoms with E-state index in [-0.39, 0.29) is 5.75 Å². The molecule has 118 valence electrons. The Morgan fingerprint density at radius 2 is 1.64 bits per heavy atom. The molecule has 0 bridgehead atoms. The number of benzene rings is 1. The van der Waals surface area contributed by atoms with Crippen molar-refractivity contribution in [3.8, 4) is 17.0 Å². The van der Waals surface area contributed by atoms with Gasteiger partial charge in [0.05, 0.1) is 6.54 Å². The number of hydrogen-bond acceptors (Lipinski definition) is 5. The maximum atomic E-state index is 12.5. The van der Waals surface area contributed by atoms with Crippen molar-refractivity contribution in [2.24, 2.45) is 0 Å². The van der Waals surface area contributed by atoms with E-state index in [1.54, 1.807) is 0 Å². The first kappa shape index (κ1) is 16.2. The summed E-state index contributed by atoms with van der Waals surface area (Å²) in [4.78, 5) is 8.11. The molecule has 2 aromatic rings. The van der Waals surface area contributed by atoms with E-state index in [4.69, 9.17) is 0 Å². The molecule has 1 N–H and O–H groups in total. The molecule has 1 aromatic carbocycles. The monoisotopic (exact) mass is 302 g/mol. The minimum absolute atomic E-state index is 0.0580. The number of aromatic nitrogens is 2. The van der Waals surface area contributed by atoms with E-state index in [0.717, 1.165) is 10.3 Å². The Morgan fingerprint density at radius 3 is 2.18 bits per heavy atom. The lowest BCUT2D eigenvalue weighted by Gasteiger charge is -2.19. The molecule has 0 saturated heterocycles. The van der Waals surface area contributed by atoms with Crippen LogP contribution in [0, 0.1) is 5.21 Å². The average Bonchev–Trinajstić information content (AvgIpc) is 2.46. The van der Waals surface area contributed by atoms with Crippen LogP contribution >= 0.6 is 0 Å². The predicted octanol–water partition coefficient (Wildman–Crippen LogP) is 1.21. The minimum atomic E-state index is -0.0580. The molecule has 0 aliphatic heterocycles. The lowest BCUT2D eigenvalue weighted by atomic mass is 10.1. The van der Waals surface area contributed by atoms with Crippen LogP contribution < -0.4 is 4.73 Å². The van der Waals surface area contributed by atoms with Crippen molar-refractivity contribution in [3.63, 3.8) is 0 Å². The molecule has 0 atom stereocenters. The van der Waals surface area contributed by atoms with E-state index in [9.17, 15) is 10.3 Å². The summed E-state index contributed by atoms with van der Waals surface area (Å²) in [6, 6.07) is 9.41. The van der Waals surface area contributed by atoms with Crippen LogP contribution in [0.4, 0.5) is 0 Å². The van der Waals surface area contributed by atoms with Gasteiger partial charge in [-0.15, -0.1) is 0 Å². The van der Waals surface area contributed by atoms with E-state index < -0.39 is 0 Å². The third kappa shape index (κ3) is 3.52. The van der Waals surface area contributed by atoms with Crippen molar-refractivity contribution < 1.29 is 9.84 Å². The third-order valence-corrected chi connectivity index (χ3v) is 3.19. The highest BCUT2D eigenvalue weighted by molar-refractivity contribution is 5.66. The molecule has 0 saturated carbocycles. The van der Waals surface area contributed by atoms with Crippen molar-refractivity contribution in [2.45, 2.75) is 13.1 Å². The fraction of sp³-hybridized carbons (Fsp3) is 0.375. The second-order valence-corrected chi connectivity index (χ2v) is 5.81. The Hall–Kier alpha value is -2.18. The van der Waals surface area contributed by atoms with Gasteiger partial charge in [0.25, 0.3) is 0 Å². The molecular weight excluding hydrogens is 280 g/mol. The van der Waals surface area contributed by atoms with E-state index in [1.165, 1.54) is 0 Å². The first-order valence-electron chi connectivity index (χ1n) is 7.09. The Bertz CT molecular complexity index is 642. The molecule has 1 heterocycles. The number of hydrogen-bond donors (Lipinski definition) is 1. The van der Waals surface area contributed by atoms with E-state index >= 15 is 0 Å². The lowest BCUT2D eigenvalue weighted by molar-refractivity contribution is -0.628. The Labute approximate surface area is 130 Å². The van der Waals surface area contributed by atoms with Crippen LogP contribution in [0.3, 0.4) is 0 Å². The molecule has 0 amide bonds. The molecule has 6 heteroatoms. The first-order valence-corrected chi connectivity index (χ1v) is 7.09. The highest BCUT2D eigenvalue weighted by Crippen LogP contribution is 2.29. The lowest BCUT2D eigenvalue weighted by Crippen LogP contribution is -2.42. The summed E-state index contributed by atoms with van der Waals surface area (Å²) in [5.74, 6) is 0.316. The van der Waals surface area contributed by atoms with Crippen molar-refractivity contribution in [3.05, 3.63) is 47.1 Å². The van der Waals surface area contributed by atoms with Crippen LogP contribution in [0.15, 0.2) is 30.3 Å². The summed E-state index contributed by atoms with van der Waals surface area (Å²) in [7, 11) is 7.46. The largest absolute Gasteiger partial charge is 0.710 e. The molecule has 0 spiro atoms. The van der Waals surface area contributed by atoms with Crippen LogP contribution in [0.1, 0.15) is 11.5 Å². The zero-order valence-corrected chi connectivity index (χ0v) is 13.4. The topological polar surface area (TPSA) is 66.5 Å². The van der Waals surface area contributed by atoms with Crippen LogP contribution in [-0.4, -0.2) is 48.1 Å². The molecule has 2 rings (SSSR count). The van der Waals surface area contributed by atoms with Crippen molar-refractivity contribution >= 4 is 0 Å². The molecule has 0 unspecified atom stereocenters. The molecule has 0 fully saturated rings. The van der Waals surface area contributed by atoms with Gasteiger partial charge in [-0.1, -0.05) is 30.3 Å². The normalized spacial score (nSPS) is 11.4. The average molecular weight is 302 g/mol. The summed E-state index contributed by atoms with van der Waals surface area (Å²) in [5, 5.41) is 23.0. The fourth-order valence-corrected chi connectivity index (χ4v) is 2.23. The maximum absolute atomic E-state index is 12.5. The molecule has 1 aromatic heterocycles. The molecular formula is C16H22N4O2. The molecule has 6 nitrogen and oxygen atoms in total. The SMILES string of the molecule is CN(C)Cc1nc(-c2ccccc2)c(O)c(CN(C)C)[n+]1[O-]. The fourth-order valence-electron chi connectivity index (χ4n) is 2.23. The second-order valence-electron chi connectivity index (χ2n) is 5.81. The Morgan fingerprint density at radius 1 is 1.05 bits per heavy atom. The van der Waals surface area contributed by atoms with Crippen molar-refractivity contribution in [1.29, 1.82) is 0 Å². The molecule has 0 aliphatic rings. The predicted molar refractivity (Wildman–Crippen MR) is 85.1 cm³/mol. The zero-order valence-electron chi connectivity index (χ0n) is 13.4. The van der Waals surface area contributed by atoms with Crippen LogP contribution in [-0.2, 0) is 13.1 Å². The van der Waals surface area contributed by atoms with Gasteiger partial charge < -0.3 is 15.2 Å². The summed E-state index contributed by atoms with van der Waals surface area (Å²) in [6.07, 6.45) is 0. The minimum Gasteiger partial charge on any atom is -0.710 e. The summed E-state index contributed by atoms with van der Waals surface area (Å²) in [5.41, 5.74) is 1.55. The van der Waals surface area contributed by atoms with Gasteiger partial charge >= 0.3 is 5.82 Å². The quantitative estimate of drug-likeness (QED) is 0.664. The Balaban J connectivity index is 2.62.